The van der Waals surface area contributed by atoms with Gasteiger partial charge in [-0.15, -0.1) is 0 Å². The van der Waals surface area contributed by atoms with Crippen LogP contribution < -0.4 is 10.1 Å². The standard InChI is InChI=1S/C17H17Cl2NO2/c1-22-16-9-8-13(11-15(16)19)17(21)20-10-4-6-12-5-2-3-7-14(12)18/h2-3,5,7-9,11H,4,6,10H2,1H3,(H,20,21). The van der Waals surface area contributed by atoms with Crippen molar-refractivity contribution < 1.29 is 9.53 Å². The molecule has 3 nitrogen and oxygen atoms in total. The highest BCUT2D eigenvalue weighted by Gasteiger charge is 2.08. The van der Waals surface area contributed by atoms with Gasteiger partial charge in [-0.05, 0) is 42.7 Å². The second kappa shape index (κ2) is 8.06. The Hall–Kier alpha value is -1.71. The van der Waals surface area contributed by atoms with E-state index in [4.69, 9.17) is 27.9 Å². The molecule has 0 aliphatic heterocycles. The van der Waals surface area contributed by atoms with E-state index >= 15 is 0 Å². The number of hydrogen-bond donors (Lipinski definition) is 1. The van der Waals surface area contributed by atoms with Crippen LogP contribution in [-0.2, 0) is 6.42 Å². The summed E-state index contributed by atoms with van der Waals surface area (Å²) < 4.78 is 5.06. The topological polar surface area (TPSA) is 38.3 Å². The summed E-state index contributed by atoms with van der Waals surface area (Å²) in [4.78, 5) is 12.0. The van der Waals surface area contributed by atoms with Crippen LogP contribution >= 0.6 is 23.2 Å². The molecule has 2 aromatic rings. The predicted molar refractivity (Wildman–Crippen MR) is 90.1 cm³/mol. The molecule has 0 aromatic heterocycles. The number of halogens is 2. The average molecular weight is 338 g/mol. The number of carbonyl (C=O) groups excluding carboxylic acids is 1. The number of nitrogens with one attached hydrogen (secondary N) is 1. The van der Waals surface area contributed by atoms with E-state index in [0.717, 1.165) is 23.4 Å². The predicted octanol–water partition coefficient (Wildman–Crippen LogP) is 4.36. The van der Waals surface area contributed by atoms with Gasteiger partial charge in [0.05, 0.1) is 12.1 Å². The van der Waals surface area contributed by atoms with Gasteiger partial charge in [0.15, 0.2) is 0 Å². The molecule has 0 atom stereocenters. The van der Waals surface area contributed by atoms with E-state index in [1.807, 2.05) is 24.3 Å². The highest BCUT2D eigenvalue weighted by Crippen LogP contribution is 2.24. The van der Waals surface area contributed by atoms with E-state index < -0.39 is 0 Å². The number of aryl methyl sites for hydroxylation is 1. The molecule has 0 aliphatic rings. The molecule has 0 fully saturated rings. The molecule has 1 N–H and O–H groups in total. The molecular formula is C17H17Cl2NO2. The monoisotopic (exact) mass is 337 g/mol. The number of methoxy groups -OCH3 is 1. The first-order valence-corrected chi connectivity index (χ1v) is 7.72. The van der Waals surface area contributed by atoms with Gasteiger partial charge in [0.25, 0.3) is 5.91 Å². The maximum absolute atomic E-state index is 12.0. The van der Waals surface area contributed by atoms with Crippen LogP contribution in [0.3, 0.4) is 0 Å². The molecule has 1 amide bonds. The molecule has 0 unspecified atom stereocenters. The first-order valence-electron chi connectivity index (χ1n) is 6.97. The van der Waals surface area contributed by atoms with Crippen molar-refractivity contribution in [2.24, 2.45) is 0 Å². The fourth-order valence-electron chi connectivity index (χ4n) is 2.09. The normalized spacial score (nSPS) is 10.3. The molecule has 116 valence electrons. The van der Waals surface area contributed by atoms with Crippen molar-refractivity contribution in [1.82, 2.24) is 5.32 Å². The zero-order valence-electron chi connectivity index (χ0n) is 12.2. The van der Waals surface area contributed by atoms with Gasteiger partial charge in [-0.3, -0.25) is 4.79 Å². The van der Waals surface area contributed by atoms with Crippen LogP contribution in [0.25, 0.3) is 0 Å². The maximum atomic E-state index is 12.0. The number of benzene rings is 2. The fraction of sp³-hybridized carbons (Fsp3) is 0.235. The van der Waals surface area contributed by atoms with E-state index in [2.05, 4.69) is 5.32 Å². The molecule has 2 aromatic carbocycles. The Balaban J connectivity index is 1.83. The van der Waals surface area contributed by atoms with Crippen molar-refractivity contribution in [3.8, 4) is 5.75 Å². The Bertz CT molecular complexity index is 659. The maximum Gasteiger partial charge on any atom is 0.251 e. The number of rotatable bonds is 6. The summed E-state index contributed by atoms with van der Waals surface area (Å²) in [6, 6.07) is 12.7. The Morgan fingerprint density at radius 1 is 1.14 bits per heavy atom. The minimum atomic E-state index is -0.149. The molecule has 2 rings (SSSR count). The third-order valence-corrected chi connectivity index (χ3v) is 3.94. The molecular weight excluding hydrogens is 321 g/mol. The van der Waals surface area contributed by atoms with Crippen molar-refractivity contribution in [2.75, 3.05) is 13.7 Å². The van der Waals surface area contributed by atoms with Crippen molar-refractivity contribution in [3.63, 3.8) is 0 Å². The Kier molecular flexibility index (Phi) is 6.10. The first-order chi connectivity index (χ1) is 10.6. The Morgan fingerprint density at radius 2 is 1.91 bits per heavy atom. The third kappa shape index (κ3) is 4.39. The third-order valence-electron chi connectivity index (χ3n) is 3.28. The summed E-state index contributed by atoms with van der Waals surface area (Å²) in [6.45, 7) is 0.577. The van der Waals surface area contributed by atoms with E-state index in [1.165, 1.54) is 7.11 Å². The molecule has 22 heavy (non-hydrogen) atoms. The summed E-state index contributed by atoms with van der Waals surface area (Å²) in [5.41, 5.74) is 1.61. The lowest BCUT2D eigenvalue weighted by atomic mass is 10.1. The lowest BCUT2D eigenvalue weighted by molar-refractivity contribution is 0.0953. The molecule has 0 heterocycles. The number of ether oxygens (including phenoxy) is 1. The second-order valence-corrected chi connectivity index (χ2v) is 5.61. The van der Waals surface area contributed by atoms with Crippen LogP contribution in [0.15, 0.2) is 42.5 Å². The lowest BCUT2D eigenvalue weighted by Gasteiger charge is -2.08. The highest BCUT2D eigenvalue weighted by atomic mass is 35.5. The van der Waals surface area contributed by atoms with Crippen LogP contribution in [0.2, 0.25) is 10.0 Å². The van der Waals surface area contributed by atoms with Crippen LogP contribution in [0.4, 0.5) is 0 Å². The average Bonchev–Trinajstić information content (AvgIpc) is 2.52. The van der Waals surface area contributed by atoms with E-state index in [1.54, 1.807) is 18.2 Å². The van der Waals surface area contributed by atoms with Gasteiger partial charge >= 0.3 is 0 Å². The smallest absolute Gasteiger partial charge is 0.251 e. The first kappa shape index (κ1) is 16.7. The van der Waals surface area contributed by atoms with Crippen LogP contribution in [-0.4, -0.2) is 19.6 Å². The fourth-order valence-corrected chi connectivity index (χ4v) is 2.58. The zero-order chi connectivity index (χ0) is 15.9. The van der Waals surface area contributed by atoms with Gasteiger partial charge in [-0.1, -0.05) is 41.4 Å². The van der Waals surface area contributed by atoms with Gasteiger partial charge in [-0.25, -0.2) is 0 Å². The minimum absolute atomic E-state index is 0.149. The molecule has 0 aliphatic carbocycles. The van der Waals surface area contributed by atoms with Gasteiger partial charge < -0.3 is 10.1 Å². The molecule has 0 saturated carbocycles. The Morgan fingerprint density at radius 3 is 2.59 bits per heavy atom. The summed E-state index contributed by atoms with van der Waals surface area (Å²) >= 11 is 12.1. The summed E-state index contributed by atoms with van der Waals surface area (Å²) in [5.74, 6) is 0.403. The highest BCUT2D eigenvalue weighted by molar-refractivity contribution is 6.32. The number of hydrogen-bond acceptors (Lipinski definition) is 2. The van der Waals surface area contributed by atoms with Crippen LogP contribution in [0.1, 0.15) is 22.3 Å². The van der Waals surface area contributed by atoms with Gasteiger partial charge in [-0.2, -0.15) is 0 Å². The molecule has 0 spiro atoms. The van der Waals surface area contributed by atoms with Gasteiger partial charge in [0.1, 0.15) is 5.75 Å². The summed E-state index contributed by atoms with van der Waals surface area (Å²) in [5, 5.41) is 4.05. The van der Waals surface area contributed by atoms with Crippen LogP contribution in [0.5, 0.6) is 5.75 Å². The summed E-state index contributed by atoms with van der Waals surface area (Å²) in [7, 11) is 1.54. The van der Waals surface area contributed by atoms with Crippen molar-refractivity contribution in [3.05, 3.63) is 63.6 Å². The Labute approximate surface area is 140 Å². The molecule has 0 bridgehead atoms. The van der Waals surface area contributed by atoms with Gasteiger partial charge in [0.2, 0.25) is 0 Å². The van der Waals surface area contributed by atoms with Crippen molar-refractivity contribution >= 4 is 29.1 Å². The molecule has 0 saturated heterocycles. The van der Waals surface area contributed by atoms with Crippen molar-refractivity contribution in [1.29, 1.82) is 0 Å². The van der Waals surface area contributed by atoms with E-state index in [0.29, 0.717) is 22.9 Å². The van der Waals surface area contributed by atoms with Crippen LogP contribution in [0, 0.1) is 0 Å². The minimum Gasteiger partial charge on any atom is -0.495 e. The lowest BCUT2D eigenvalue weighted by Crippen LogP contribution is -2.24. The second-order valence-electron chi connectivity index (χ2n) is 4.80. The quantitative estimate of drug-likeness (QED) is 0.795. The number of carbonyl (C=O) groups is 1. The van der Waals surface area contributed by atoms with E-state index in [9.17, 15) is 4.79 Å². The largest absolute Gasteiger partial charge is 0.495 e. The van der Waals surface area contributed by atoms with E-state index in [-0.39, 0.29) is 5.91 Å². The number of amides is 1. The summed E-state index contributed by atoms with van der Waals surface area (Å²) in [6.07, 6.45) is 1.64. The zero-order valence-corrected chi connectivity index (χ0v) is 13.7. The van der Waals surface area contributed by atoms with Crippen molar-refractivity contribution in [2.45, 2.75) is 12.8 Å². The SMILES string of the molecule is COc1ccc(C(=O)NCCCc2ccccc2Cl)cc1Cl. The molecule has 5 heteroatoms. The molecule has 0 radical (unpaired) electrons. The van der Waals surface area contributed by atoms with Gasteiger partial charge in [0, 0.05) is 17.1 Å².